The topological polar surface area (TPSA) is 52.7 Å². The van der Waals surface area contributed by atoms with Crippen molar-refractivity contribution in [3.8, 4) is 0 Å². The van der Waals surface area contributed by atoms with Gasteiger partial charge in [-0.15, -0.1) is 0 Å². The second-order valence-corrected chi connectivity index (χ2v) is 5.80. The number of rotatable bonds is 2. The Kier molecular flexibility index (Phi) is 3.01. The molecule has 2 heterocycles. The van der Waals surface area contributed by atoms with Gasteiger partial charge >= 0.3 is 0 Å². The number of amides is 2. The molecule has 1 aromatic carbocycles. The van der Waals surface area contributed by atoms with Gasteiger partial charge in [-0.05, 0) is 38.6 Å². The molecule has 0 aromatic heterocycles. The van der Waals surface area contributed by atoms with Crippen LogP contribution in [0.3, 0.4) is 0 Å². The lowest BCUT2D eigenvalue weighted by Crippen LogP contribution is -2.25. The van der Waals surface area contributed by atoms with Gasteiger partial charge in [0, 0.05) is 31.4 Å². The molecule has 1 saturated heterocycles. The number of fused-ring (bicyclic) bond motifs is 1. The molecule has 5 heteroatoms. The molecule has 1 aromatic rings. The molecular formula is C15H19N3O2. The van der Waals surface area contributed by atoms with Gasteiger partial charge in [-0.2, -0.15) is 0 Å². The van der Waals surface area contributed by atoms with Crippen LogP contribution in [-0.2, 0) is 0 Å². The fraction of sp³-hybridized carbons (Fsp3) is 0.467. The van der Waals surface area contributed by atoms with Crippen molar-refractivity contribution < 1.29 is 9.59 Å². The monoisotopic (exact) mass is 273 g/mol. The third kappa shape index (κ3) is 1.98. The van der Waals surface area contributed by atoms with Crippen LogP contribution in [0.25, 0.3) is 0 Å². The SMILES string of the molecule is CC1CC(Nc2ccc3c(c2)C(=O)N(C)C3=O)CN1C. The molecule has 2 unspecified atom stereocenters. The molecule has 5 nitrogen and oxygen atoms in total. The predicted molar refractivity (Wildman–Crippen MR) is 77.0 cm³/mol. The van der Waals surface area contributed by atoms with Crippen LogP contribution in [0.2, 0.25) is 0 Å². The lowest BCUT2D eigenvalue weighted by atomic mass is 10.1. The van der Waals surface area contributed by atoms with Crippen LogP contribution >= 0.6 is 0 Å². The van der Waals surface area contributed by atoms with Crippen LogP contribution in [-0.4, -0.2) is 54.3 Å². The number of hydrogen-bond acceptors (Lipinski definition) is 4. The molecule has 2 atom stereocenters. The van der Waals surface area contributed by atoms with E-state index in [2.05, 4.69) is 24.2 Å². The first kappa shape index (κ1) is 13.1. The molecule has 2 aliphatic heterocycles. The van der Waals surface area contributed by atoms with Crippen molar-refractivity contribution in [3.05, 3.63) is 29.3 Å². The minimum absolute atomic E-state index is 0.217. The molecule has 0 bridgehead atoms. The van der Waals surface area contributed by atoms with Crippen molar-refractivity contribution in [2.24, 2.45) is 0 Å². The highest BCUT2D eigenvalue weighted by Gasteiger charge is 2.33. The van der Waals surface area contributed by atoms with Gasteiger partial charge in [-0.3, -0.25) is 14.5 Å². The highest BCUT2D eigenvalue weighted by Crippen LogP contribution is 2.26. The van der Waals surface area contributed by atoms with E-state index in [9.17, 15) is 9.59 Å². The maximum absolute atomic E-state index is 12.0. The second-order valence-electron chi connectivity index (χ2n) is 5.80. The van der Waals surface area contributed by atoms with Gasteiger partial charge in [-0.1, -0.05) is 0 Å². The largest absolute Gasteiger partial charge is 0.381 e. The molecule has 2 aliphatic rings. The number of carbonyl (C=O) groups excluding carboxylic acids is 2. The summed E-state index contributed by atoms with van der Waals surface area (Å²) in [5.74, 6) is -0.434. The Bertz CT molecular complexity index is 574. The van der Waals surface area contributed by atoms with Gasteiger partial charge in [0.15, 0.2) is 0 Å². The maximum Gasteiger partial charge on any atom is 0.261 e. The van der Waals surface area contributed by atoms with Crippen LogP contribution in [0.1, 0.15) is 34.1 Å². The zero-order valence-corrected chi connectivity index (χ0v) is 12.0. The Morgan fingerprint density at radius 1 is 1.15 bits per heavy atom. The fourth-order valence-electron chi connectivity index (χ4n) is 2.99. The number of nitrogens with zero attached hydrogens (tertiary/aromatic N) is 2. The van der Waals surface area contributed by atoms with Gasteiger partial charge < -0.3 is 10.2 Å². The fourth-order valence-corrected chi connectivity index (χ4v) is 2.99. The normalized spacial score (nSPS) is 26.2. The quantitative estimate of drug-likeness (QED) is 0.828. The zero-order valence-electron chi connectivity index (χ0n) is 12.0. The third-order valence-electron chi connectivity index (χ3n) is 4.35. The molecule has 1 fully saturated rings. The lowest BCUT2D eigenvalue weighted by molar-refractivity contribution is 0.0693. The molecule has 0 radical (unpaired) electrons. The van der Waals surface area contributed by atoms with Crippen LogP contribution in [0.4, 0.5) is 5.69 Å². The number of imide groups is 1. The van der Waals surface area contributed by atoms with Crippen molar-refractivity contribution in [3.63, 3.8) is 0 Å². The number of hydrogen-bond donors (Lipinski definition) is 1. The number of benzene rings is 1. The van der Waals surface area contributed by atoms with Gasteiger partial charge in [-0.25, -0.2) is 0 Å². The van der Waals surface area contributed by atoms with Crippen LogP contribution in [0.5, 0.6) is 0 Å². The van der Waals surface area contributed by atoms with E-state index in [-0.39, 0.29) is 11.8 Å². The van der Waals surface area contributed by atoms with Gasteiger partial charge in [0.1, 0.15) is 0 Å². The van der Waals surface area contributed by atoms with E-state index < -0.39 is 0 Å². The van der Waals surface area contributed by atoms with E-state index in [4.69, 9.17) is 0 Å². The molecule has 1 N–H and O–H groups in total. The van der Waals surface area contributed by atoms with Crippen LogP contribution in [0.15, 0.2) is 18.2 Å². The number of likely N-dealkylation sites (N-methyl/N-ethyl adjacent to an activating group) is 1. The summed E-state index contributed by atoms with van der Waals surface area (Å²) in [7, 11) is 3.64. The minimum atomic E-state index is -0.217. The summed E-state index contributed by atoms with van der Waals surface area (Å²) in [4.78, 5) is 27.3. The second kappa shape index (κ2) is 4.59. The molecular weight excluding hydrogens is 254 g/mol. The summed E-state index contributed by atoms with van der Waals surface area (Å²) in [6.07, 6.45) is 1.08. The highest BCUT2D eigenvalue weighted by molar-refractivity contribution is 6.21. The van der Waals surface area contributed by atoms with Crippen molar-refractivity contribution in [1.29, 1.82) is 0 Å². The molecule has 0 aliphatic carbocycles. The Hall–Kier alpha value is -1.88. The minimum Gasteiger partial charge on any atom is -0.381 e. The smallest absolute Gasteiger partial charge is 0.261 e. The average molecular weight is 273 g/mol. The molecule has 0 saturated carbocycles. The summed E-state index contributed by atoms with van der Waals surface area (Å²) in [6, 6.07) is 6.37. The first-order chi connectivity index (χ1) is 9.47. The number of nitrogens with one attached hydrogen (secondary N) is 1. The molecule has 3 rings (SSSR count). The summed E-state index contributed by atoms with van der Waals surface area (Å²) < 4.78 is 0. The number of carbonyl (C=O) groups is 2. The van der Waals surface area contributed by atoms with Gasteiger partial charge in [0.25, 0.3) is 11.8 Å². The third-order valence-corrected chi connectivity index (χ3v) is 4.35. The van der Waals surface area contributed by atoms with E-state index in [1.165, 1.54) is 11.9 Å². The summed E-state index contributed by atoms with van der Waals surface area (Å²) in [5, 5.41) is 3.46. The van der Waals surface area contributed by atoms with E-state index in [1.807, 2.05) is 6.07 Å². The predicted octanol–water partition coefficient (Wildman–Crippen LogP) is 1.42. The molecule has 106 valence electrons. The Morgan fingerprint density at radius 3 is 2.50 bits per heavy atom. The number of anilines is 1. The van der Waals surface area contributed by atoms with E-state index in [0.29, 0.717) is 23.2 Å². The Balaban J connectivity index is 1.81. The van der Waals surface area contributed by atoms with Gasteiger partial charge in [0.05, 0.1) is 11.1 Å². The first-order valence-corrected chi connectivity index (χ1v) is 6.90. The van der Waals surface area contributed by atoms with E-state index in [1.54, 1.807) is 12.1 Å². The highest BCUT2D eigenvalue weighted by atomic mass is 16.2. The summed E-state index contributed by atoms with van der Waals surface area (Å²) in [5.41, 5.74) is 1.91. The first-order valence-electron chi connectivity index (χ1n) is 6.90. The lowest BCUT2D eigenvalue weighted by Gasteiger charge is -2.14. The van der Waals surface area contributed by atoms with Crippen LogP contribution < -0.4 is 5.32 Å². The Labute approximate surface area is 118 Å². The molecule has 2 amide bonds. The summed E-state index contributed by atoms with van der Waals surface area (Å²) in [6.45, 7) is 3.20. The molecule has 0 spiro atoms. The average Bonchev–Trinajstić information content (AvgIpc) is 2.84. The molecule has 20 heavy (non-hydrogen) atoms. The van der Waals surface area contributed by atoms with E-state index in [0.717, 1.165) is 18.7 Å². The van der Waals surface area contributed by atoms with Crippen molar-refractivity contribution in [1.82, 2.24) is 9.80 Å². The van der Waals surface area contributed by atoms with E-state index >= 15 is 0 Å². The van der Waals surface area contributed by atoms with Crippen molar-refractivity contribution in [2.45, 2.75) is 25.4 Å². The number of likely N-dealkylation sites (tertiary alicyclic amines) is 1. The van der Waals surface area contributed by atoms with Crippen LogP contribution in [0, 0.1) is 0 Å². The maximum atomic E-state index is 12.0. The Morgan fingerprint density at radius 2 is 1.85 bits per heavy atom. The van der Waals surface area contributed by atoms with Gasteiger partial charge in [0.2, 0.25) is 0 Å². The zero-order chi connectivity index (χ0) is 14.4. The van der Waals surface area contributed by atoms with Crippen molar-refractivity contribution >= 4 is 17.5 Å². The van der Waals surface area contributed by atoms with Crippen molar-refractivity contribution in [2.75, 3.05) is 26.0 Å². The standard InChI is InChI=1S/C15H19N3O2/c1-9-6-11(8-17(9)2)16-10-4-5-12-13(7-10)15(20)18(3)14(12)19/h4-5,7,9,11,16H,6,8H2,1-3H3. The summed E-state index contributed by atoms with van der Waals surface area (Å²) >= 11 is 0.